The van der Waals surface area contributed by atoms with E-state index in [1.54, 1.807) is 35.2 Å². The lowest BCUT2D eigenvalue weighted by Crippen LogP contribution is -2.40. The number of hydrogen-bond acceptors (Lipinski definition) is 5. The summed E-state index contributed by atoms with van der Waals surface area (Å²) in [5.74, 6) is -0.109. The van der Waals surface area contributed by atoms with Crippen LogP contribution in [-0.2, 0) is 26.1 Å². The molecule has 156 valence electrons. The molecule has 1 aliphatic rings. The van der Waals surface area contributed by atoms with Crippen molar-refractivity contribution in [2.24, 2.45) is 0 Å². The van der Waals surface area contributed by atoms with Gasteiger partial charge in [0.25, 0.3) is 0 Å². The van der Waals surface area contributed by atoms with Crippen LogP contribution in [0.2, 0.25) is 4.34 Å². The monoisotopic (exact) mass is 454 g/mol. The standard InChI is InChI=1S/C20H23ClN2O4S2/c1-2-22(15-17-6-9-19(21)28-17)20(24)10-5-16-3-7-18(8-4-16)29(25,26)23-11-13-27-14-12-23/h3-10H,2,11-15H2,1H3/b10-5+. The molecular formula is C20H23ClN2O4S2. The molecule has 0 bridgehead atoms. The maximum Gasteiger partial charge on any atom is 0.246 e. The lowest BCUT2D eigenvalue weighted by atomic mass is 10.2. The van der Waals surface area contributed by atoms with Crippen molar-refractivity contribution in [2.45, 2.75) is 18.4 Å². The van der Waals surface area contributed by atoms with Crippen molar-refractivity contribution in [3.63, 3.8) is 0 Å². The Morgan fingerprint density at radius 1 is 1.21 bits per heavy atom. The number of carbonyl (C=O) groups excluding carboxylic acids is 1. The van der Waals surface area contributed by atoms with E-state index < -0.39 is 10.0 Å². The Labute approximate surface area is 180 Å². The highest BCUT2D eigenvalue weighted by atomic mass is 35.5. The molecule has 1 aromatic carbocycles. The lowest BCUT2D eigenvalue weighted by Gasteiger charge is -2.26. The number of morpholine rings is 1. The summed E-state index contributed by atoms with van der Waals surface area (Å²) in [5.41, 5.74) is 0.759. The van der Waals surface area contributed by atoms with Crippen molar-refractivity contribution >= 4 is 44.9 Å². The second-order valence-electron chi connectivity index (χ2n) is 6.48. The Morgan fingerprint density at radius 2 is 1.90 bits per heavy atom. The van der Waals surface area contributed by atoms with E-state index in [-0.39, 0.29) is 10.8 Å². The smallest absolute Gasteiger partial charge is 0.246 e. The van der Waals surface area contributed by atoms with Crippen molar-refractivity contribution < 1.29 is 17.9 Å². The van der Waals surface area contributed by atoms with Crippen LogP contribution >= 0.6 is 22.9 Å². The average molecular weight is 455 g/mol. The zero-order valence-corrected chi connectivity index (χ0v) is 18.5. The predicted octanol–water partition coefficient (Wildman–Crippen LogP) is 3.48. The maximum absolute atomic E-state index is 12.7. The number of rotatable bonds is 7. The second-order valence-corrected chi connectivity index (χ2v) is 10.2. The van der Waals surface area contributed by atoms with Gasteiger partial charge in [-0.25, -0.2) is 8.42 Å². The number of benzene rings is 1. The van der Waals surface area contributed by atoms with Gasteiger partial charge >= 0.3 is 0 Å². The number of halogens is 1. The van der Waals surface area contributed by atoms with Crippen molar-refractivity contribution in [2.75, 3.05) is 32.8 Å². The number of ether oxygens (including phenoxy) is 1. The summed E-state index contributed by atoms with van der Waals surface area (Å²) in [5, 5.41) is 0. The van der Waals surface area contributed by atoms with Gasteiger partial charge in [-0.15, -0.1) is 11.3 Å². The first kappa shape index (κ1) is 22.0. The predicted molar refractivity (Wildman–Crippen MR) is 115 cm³/mol. The summed E-state index contributed by atoms with van der Waals surface area (Å²) in [6, 6.07) is 10.3. The fourth-order valence-corrected chi connectivity index (χ4v) is 5.44. The Hall–Kier alpha value is -1.71. The fourth-order valence-electron chi connectivity index (χ4n) is 2.93. The molecule has 0 unspecified atom stereocenters. The number of carbonyl (C=O) groups is 1. The molecule has 1 amide bonds. The third kappa shape index (κ3) is 5.67. The van der Waals surface area contributed by atoms with Crippen molar-refractivity contribution in [3.05, 3.63) is 57.3 Å². The molecule has 6 nitrogen and oxygen atoms in total. The zero-order chi connectivity index (χ0) is 20.9. The zero-order valence-electron chi connectivity index (χ0n) is 16.1. The van der Waals surface area contributed by atoms with Crippen molar-refractivity contribution in [1.29, 1.82) is 0 Å². The topological polar surface area (TPSA) is 66.9 Å². The highest BCUT2D eigenvalue weighted by Crippen LogP contribution is 2.23. The molecule has 1 aliphatic heterocycles. The van der Waals surface area contributed by atoms with E-state index in [1.807, 2.05) is 19.1 Å². The number of thiophene rings is 1. The number of amides is 1. The van der Waals surface area contributed by atoms with Crippen LogP contribution in [0, 0.1) is 0 Å². The fraction of sp³-hybridized carbons (Fsp3) is 0.350. The van der Waals surface area contributed by atoms with Crippen LogP contribution in [0.25, 0.3) is 6.08 Å². The van der Waals surface area contributed by atoms with E-state index in [9.17, 15) is 13.2 Å². The van der Waals surface area contributed by atoms with Gasteiger partial charge in [-0.05, 0) is 42.8 Å². The molecule has 0 radical (unpaired) electrons. The lowest BCUT2D eigenvalue weighted by molar-refractivity contribution is -0.126. The minimum Gasteiger partial charge on any atom is -0.379 e. The molecule has 2 aromatic rings. The molecule has 0 saturated carbocycles. The Balaban J connectivity index is 1.65. The van der Waals surface area contributed by atoms with Crippen molar-refractivity contribution in [1.82, 2.24) is 9.21 Å². The van der Waals surface area contributed by atoms with E-state index in [4.69, 9.17) is 16.3 Å². The molecule has 3 rings (SSSR count). The van der Waals surface area contributed by atoms with E-state index in [0.29, 0.717) is 43.7 Å². The molecule has 29 heavy (non-hydrogen) atoms. The summed E-state index contributed by atoms with van der Waals surface area (Å²) in [4.78, 5) is 15.5. The van der Waals surface area contributed by atoms with Crippen LogP contribution in [-0.4, -0.2) is 56.4 Å². The number of sulfonamides is 1. The quantitative estimate of drug-likeness (QED) is 0.600. The summed E-state index contributed by atoms with van der Waals surface area (Å²) in [7, 11) is -3.52. The molecule has 1 fully saturated rings. The van der Waals surface area contributed by atoms with Crippen LogP contribution in [0.15, 0.2) is 47.4 Å². The Kier molecular flexibility index (Phi) is 7.48. The summed E-state index contributed by atoms with van der Waals surface area (Å²) in [6.07, 6.45) is 3.20. The number of hydrogen-bond donors (Lipinski definition) is 0. The van der Waals surface area contributed by atoms with Gasteiger partial charge in [-0.3, -0.25) is 4.79 Å². The highest BCUT2D eigenvalue weighted by Gasteiger charge is 2.25. The third-order valence-electron chi connectivity index (χ3n) is 4.58. The maximum atomic E-state index is 12.7. The van der Waals surface area contributed by atoms with Crippen LogP contribution < -0.4 is 0 Å². The minimum absolute atomic E-state index is 0.109. The average Bonchev–Trinajstić information content (AvgIpc) is 3.16. The molecule has 0 spiro atoms. The van der Waals surface area contributed by atoms with Crippen LogP contribution in [0.4, 0.5) is 0 Å². The van der Waals surface area contributed by atoms with Gasteiger partial charge in [-0.1, -0.05) is 23.7 Å². The molecule has 2 heterocycles. The summed E-state index contributed by atoms with van der Waals surface area (Å²) < 4.78 is 32.6. The first-order chi connectivity index (χ1) is 13.9. The Morgan fingerprint density at radius 3 is 2.48 bits per heavy atom. The van der Waals surface area contributed by atoms with Gasteiger partial charge in [0.2, 0.25) is 15.9 Å². The van der Waals surface area contributed by atoms with Gasteiger partial charge in [-0.2, -0.15) is 4.31 Å². The largest absolute Gasteiger partial charge is 0.379 e. The molecule has 0 aliphatic carbocycles. The first-order valence-corrected chi connectivity index (χ1v) is 11.9. The van der Waals surface area contributed by atoms with Crippen LogP contribution in [0.3, 0.4) is 0 Å². The summed E-state index contributed by atoms with van der Waals surface area (Å²) in [6.45, 7) is 4.55. The van der Waals surface area contributed by atoms with Gasteiger partial charge in [0.05, 0.1) is 29.0 Å². The number of nitrogens with zero attached hydrogens (tertiary/aromatic N) is 2. The minimum atomic E-state index is -3.52. The van der Waals surface area contributed by atoms with Crippen molar-refractivity contribution in [3.8, 4) is 0 Å². The molecule has 0 atom stereocenters. The highest BCUT2D eigenvalue weighted by molar-refractivity contribution is 7.89. The van der Waals surface area contributed by atoms with Gasteiger partial charge in [0.15, 0.2) is 0 Å². The second kappa shape index (κ2) is 9.86. The van der Waals surface area contributed by atoms with E-state index in [2.05, 4.69) is 0 Å². The van der Waals surface area contributed by atoms with E-state index >= 15 is 0 Å². The SMILES string of the molecule is CCN(Cc1ccc(Cl)s1)C(=O)/C=C/c1ccc(S(=O)(=O)N2CCOCC2)cc1. The van der Waals surface area contributed by atoms with Gasteiger partial charge in [0.1, 0.15) is 0 Å². The third-order valence-corrected chi connectivity index (χ3v) is 7.70. The van der Waals surface area contributed by atoms with E-state index in [0.717, 1.165) is 10.4 Å². The molecule has 1 aromatic heterocycles. The molecule has 0 N–H and O–H groups in total. The van der Waals surface area contributed by atoms with Crippen LogP contribution in [0.5, 0.6) is 0 Å². The first-order valence-electron chi connectivity index (χ1n) is 9.29. The molecule has 9 heteroatoms. The van der Waals surface area contributed by atoms with Crippen LogP contribution in [0.1, 0.15) is 17.4 Å². The normalized spacial score (nSPS) is 15.7. The van der Waals surface area contributed by atoms with Gasteiger partial charge < -0.3 is 9.64 Å². The van der Waals surface area contributed by atoms with Gasteiger partial charge in [0, 0.05) is 30.6 Å². The Bertz CT molecular complexity index is 965. The summed E-state index contributed by atoms with van der Waals surface area (Å²) >= 11 is 7.41. The van der Waals surface area contributed by atoms with E-state index in [1.165, 1.54) is 21.7 Å². The molecule has 1 saturated heterocycles. The number of likely N-dealkylation sites (N-methyl/N-ethyl adjacent to an activating group) is 1. The molecular weight excluding hydrogens is 432 g/mol.